The highest BCUT2D eigenvalue weighted by Gasteiger charge is 2.17. The van der Waals surface area contributed by atoms with Crippen molar-refractivity contribution in [3.05, 3.63) is 107 Å². The number of carbonyl (C=O) groups is 2. The minimum absolute atomic E-state index is 0.0408. The summed E-state index contributed by atoms with van der Waals surface area (Å²) in [6.45, 7) is 3.98. The van der Waals surface area contributed by atoms with Crippen LogP contribution in [0.5, 0.6) is 0 Å². The predicted octanol–water partition coefficient (Wildman–Crippen LogP) is 3.03. The fourth-order valence-electron chi connectivity index (χ4n) is 4.03. The molecule has 0 aliphatic carbocycles. The third-order valence-electron chi connectivity index (χ3n) is 5.75. The first-order valence-corrected chi connectivity index (χ1v) is 10.6. The summed E-state index contributed by atoms with van der Waals surface area (Å²) < 4.78 is 0. The average molecular weight is 400 g/mol. The van der Waals surface area contributed by atoms with E-state index in [0.717, 1.165) is 6.54 Å². The van der Waals surface area contributed by atoms with E-state index in [1.165, 1.54) is 37.1 Å². The van der Waals surface area contributed by atoms with Gasteiger partial charge in [0.15, 0.2) is 5.78 Å². The van der Waals surface area contributed by atoms with E-state index in [4.69, 9.17) is 0 Å². The van der Waals surface area contributed by atoms with E-state index in [1.807, 2.05) is 24.3 Å². The Labute approximate surface area is 177 Å². The van der Waals surface area contributed by atoms with Crippen molar-refractivity contribution in [1.82, 2.24) is 5.32 Å². The molecular formula is C26H27N2O2+. The van der Waals surface area contributed by atoms with E-state index in [0.29, 0.717) is 23.2 Å². The van der Waals surface area contributed by atoms with Crippen LogP contribution in [0.25, 0.3) is 0 Å². The topological polar surface area (TPSA) is 50.6 Å². The molecule has 1 fully saturated rings. The van der Waals surface area contributed by atoms with Crippen LogP contribution in [0.2, 0.25) is 0 Å². The summed E-state index contributed by atoms with van der Waals surface area (Å²) in [5.74, 6) is -0.169. The molecular weight excluding hydrogens is 372 g/mol. The van der Waals surface area contributed by atoms with Crippen molar-refractivity contribution < 1.29 is 14.5 Å². The first-order chi connectivity index (χ1) is 14.7. The van der Waals surface area contributed by atoms with Crippen molar-refractivity contribution in [1.29, 1.82) is 0 Å². The van der Waals surface area contributed by atoms with Crippen LogP contribution in [-0.2, 0) is 13.1 Å². The second-order valence-electron chi connectivity index (χ2n) is 7.86. The van der Waals surface area contributed by atoms with Crippen LogP contribution in [0, 0.1) is 0 Å². The minimum atomic E-state index is -0.128. The summed E-state index contributed by atoms with van der Waals surface area (Å²) in [6.07, 6.45) is 2.61. The van der Waals surface area contributed by atoms with Crippen molar-refractivity contribution in [2.24, 2.45) is 0 Å². The first-order valence-electron chi connectivity index (χ1n) is 10.6. The van der Waals surface area contributed by atoms with E-state index in [9.17, 15) is 9.59 Å². The molecule has 1 saturated heterocycles. The SMILES string of the molecule is O=C(NCc1ccccc1C[NH+]1CCCC1)c1ccc(C(=O)c2ccccc2)cc1. The zero-order valence-electron chi connectivity index (χ0n) is 17.1. The van der Waals surface area contributed by atoms with Crippen LogP contribution in [0.15, 0.2) is 78.9 Å². The molecule has 1 aliphatic heterocycles. The smallest absolute Gasteiger partial charge is 0.251 e. The van der Waals surface area contributed by atoms with Crippen molar-refractivity contribution in [2.45, 2.75) is 25.9 Å². The van der Waals surface area contributed by atoms with Gasteiger partial charge in [-0.3, -0.25) is 9.59 Å². The highest BCUT2D eigenvalue weighted by Crippen LogP contribution is 2.12. The Morgan fingerprint density at radius 3 is 1.97 bits per heavy atom. The highest BCUT2D eigenvalue weighted by atomic mass is 16.1. The van der Waals surface area contributed by atoms with E-state index in [1.54, 1.807) is 41.3 Å². The maximum Gasteiger partial charge on any atom is 0.251 e. The van der Waals surface area contributed by atoms with Crippen molar-refractivity contribution >= 4 is 11.7 Å². The molecule has 4 nitrogen and oxygen atoms in total. The molecule has 0 bridgehead atoms. The number of quaternary nitrogens is 1. The monoisotopic (exact) mass is 399 g/mol. The number of benzene rings is 3. The Morgan fingerprint density at radius 1 is 0.700 bits per heavy atom. The van der Waals surface area contributed by atoms with Crippen LogP contribution in [0.1, 0.15) is 50.2 Å². The zero-order valence-corrected chi connectivity index (χ0v) is 17.1. The van der Waals surface area contributed by atoms with Crippen LogP contribution in [0.4, 0.5) is 0 Å². The van der Waals surface area contributed by atoms with Crippen molar-refractivity contribution in [3.63, 3.8) is 0 Å². The van der Waals surface area contributed by atoms with Gasteiger partial charge in [-0.25, -0.2) is 0 Å². The molecule has 1 heterocycles. The normalized spacial score (nSPS) is 13.9. The lowest BCUT2D eigenvalue weighted by molar-refractivity contribution is -0.901. The molecule has 4 heteroatoms. The number of nitrogens with one attached hydrogen (secondary N) is 2. The maximum atomic E-state index is 12.6. The van der Waals surface area contributed by atoms with E-state index < -0.39 is 0 Å². The lowest BCUT2D eigenvalue weighted by Crippen LogP contribution is -3.08. The van der Waals surface area contributed by atoms with Gasteiger partial charge >= 0.3 is 0 Å². The van der Waals surface area contributed by atoms with Crippen LogP contribution >= 0.6 is 0 Å². The lowest BCUT2D eigenvalue weighted by atomic mass is 10.0. The highest BCUT2D eigenvalue weighted by molar-refractivity contribution is 6.09. The fraction of sp³-hybridized carbons (Fsp3) is 0.231. The van der Waals surface area contributed by atoms with Crippen molar-refractivity contribution in [3.8, 4) is 0 Å². The summed E-state index contributed by atoms with van der Waals surface area (Å²) in [4.78, 5) is 26.8. The molecule has 0 unspecified atom stereocenters. The van der Waals surface area contributed by atoms with Gasteiger partial charge in [-0.15, -0.1) is 0 Å². The molecule has 0 aromatic heterocycles. The molecule has 30 heavy (non-hydrogen) atoms. The second-order valence-corrected chi connectivity index (χ2v) is 7.86. The van der Waals surface area contributed by atoms with Gasteiger partial charge in [0.05, 0.1) is 13.1 Å². The van der Waals surface area contributed by atoms with Gasteiger partial charge in [0.2, 0.25) is 0 Å². The molecule has 3 aromatic carbocycles. The molecule has 0 atom stereocenters. The summed E-state index contributed by atoms with van der Waals surface area (Å²) in [5, 5.41) is 3.03. The Balaban J connectivity index is 1.38. The maximum absolute atomic E-state index is 12.6. The minimum Gasteiger partial charge on any atom is -0.348 e. The number of hydrogen-bond acceptors (Lipinski definition) is 2. The molecule has 2 N–H and O–H groups in total. The Kier molecular flexibility index (Phi) is 6.35. The van der Waals surface area contributed by atoms with E-state index in [-0.39, 0.29) is 11.7 Å². The number of amides is 1. The Morgan fingerprint density at radius 2 is 1.27 bits per heavy atom. The van der Waals surface area contributed by atoms with Gasteiger partial charge < -0.3 is 10.2 Å². The number of ketones is 1. The molecule has 152 valence electrons. The number of rotatable bonds is 7. The molecule has 3 aromatic rings. The van der Waals surface area contributed by atoms with E-state index in [2.05, 4.69) is 23.5 Å². The number of likely N-dealkylation sites (tertiary alicyclic amines) is 1. The lowest BCUT2D eigenvalue weighted by Gasteiger charge is -2.15. The van der Waals surface area contributed by atoms with Gasteiger partial charge in [-0.2, -0.15) is 0 Å². The number of hydrogen-bond donors (Lipinski definition) is 2. The Hall–Kier alpha value is -3.24. The predicted molar refractivity (Wildman–Crippen MR) is 118 cm³/mol. The first kappa shape index (κ1) is 20.0. The summed E-state index contributed by atoms with van der Waals surface area (Å²) in [6, 6.07) is 24.4. The molecule has 1 aliphatic rings. The standard InChI is InChI=1S/C26H26N2O2/c29-25(20-8-2-1-3-9-20)21-12-14-22(15-13-21)26(30)27-18-23-10-4-5-11-24(23)19-28-16-6-7-17-28/h1-5,8-15H,6-7,16-19H2,(H,27,30)/p+1. The summed E-state index contributed by atoms with van der Waals surface area (Å²) in [7, 11) is 0. The van der Waals surface area contributed by atoms with E-state index >= 15 is 0 Å². The Bertz CT molecular complexity index is 1010. The van der Waals surface area contributed by atoms with Crippen LogP contribution < -0.4 is 10.2 Å². The van der Waals surface area contributed by atoms with Gasteiger partial charge in [0.25, 0.3) is 5.91 Å². The average Bonchev–Trinajstić information content (AvgIpc) is 3.31. The zero-order chi connectivity index (χ0) is 20.8. The fourth-order valence-corrected chi connectivity index (χ4v) is 4.03. The largest absolute Gasteiger partial charge is 0.348 e. The number of carbonyl (C=O) groups excluding carboxylic acids is 2. The molecule has 0 saturated carbocycles. The third kappa shape index (κ3) is 4.84. The molecule has 0 spiro atoms. The summed E-state index contributed by atoms with van der Waals surface area (Å²) >= 11 is 0. The third-order valence-corrected chi connectivity index (χ3v) is 5.75. The van der Waals surface area contributed by atoms with Crippen molar-refractivity contribution in [2.75, 3.05) is 13.1 Å². The molecule has 4 rings (SSSR count). The van der Waals surface area contributed by atoms with Gasteiger partial charge in [0.1, 0.15) is 6.54 Å². The quantitative estimate of drug-likeness (QED) is 0.600. The van der Waals surface area contributed by atoms with Crippen LogP contribution in [0.3, 0.4) is 0 Å². The summed E-state index contributed by atoms with van der Waals surface area (Å²) in [5.41, 5.74) is 4.25. The van der Waals surface area contributed by atoms with Crippen LogP contribution in [-0.4, -0.2) is 24.8 Å². The molecule has 0 radical (unpaired) electrons. The molecule has 1 amide bonds. The van der Waals surface area contributed by atoms with Gasteiger partial charge in [0, 0.05) is 41.6 Å². The van der Waals surface area contributed by atoms with Gasteiger partial charge in [-0.05, 0) is 17.7 Å². The van der Waals surface area contributed by atoms with Gasteiger partial charge in [-0.1, -0.05) is 66.7 Å². The second kappa shape index (κ2) is 9.51.